The lowest BCUT2D eigenvalue weighted by Gasteiger charge is -2.17. The number of carbonyl (C=O) groups is 1. The van der Waals surface area contributed by atoms with E-state index in [2.05, 4.69) is 10.3 Å². The molecule has 0 bridgehead atoms. The Kier molecular flexibility index (Phi) is 3.29. The Morgan fingerprint density at radius 2 is 1.84 bits per heavy atom. The number of imidazole rings is 1. The Hall–Kier alpha value is -2.30. The number of rotatable bonds is 2. The van der Waals surface area contributed by atoms with Gasteiger partial charge in [0.15, 0.2) is 0 Å². The zero-order valence-electron chi connectivity index (χ0n) is 11.2. The van der Waals surface area contributed by atoms with Crippen molar-refractivity contribution in [3.63, 3.8) is 0 Å². The van der Waals surface area contributed by atoms with Gasteiger partial charge in [-0.1, -0.05) is 20.8 Å². The van der Waals surface area contributed by atoms with E-state index in [0.29, 0.717) is 5.69 Å². The molecule has 0 unspecified atom stereocenters. The van der Waals surface area contributed by atoms with Crippen LogP contribution in [0.4, 0.5) is 5.69 Å². The van der Waals surface area contributed by atoms with Crippen LogP contribution < -0.4 is 11.0 Å². The van der Waals surface area contributed by atoms with E-state index in [4.69, 9.17) is 0 Å². The fourth-order valence-electron chi connectivity index (χ4n) is 1.55. The van der Waals surface area contributed by atoms with Gasteiger partial charge in [0.1, 0.15) is 0 Å². The van der Waals surface area contributed by atoms with Gasteiger partial charge in [-0.3, -0.25) is 9.36 Å². The van der Waals surface area contributed by atoms with E-state index >= 15 is 0 Å². The minimum atomic E-state index is -0.434. The van der Waals surface area contributed by atoms with Crippen molar-refractivity contribution in [2.45, 2.75) is 20.8 Å². The van der Waals surface area contributed by atoms with Crippen molar-refractivity contribution in [1.29, 1.82) is 0 Å². The van der Waals surface area contributed by atoms with Crippen LogP contribution in [-0.2, 0) is 4.79 Å². The van der Waals surface area contributed by atoms with Crippen molar-refractivity contribution in [2.75, 3.05) is 5.32 Å². The molecular formula is C14H17N3O2. The normalized spacial score (nSPS) is 11.3. The summed E-state index contributed by atoms with van der Waals surface area (Å²) in [5.41, 5.74) is 0.842. The Balaban J connectivity index is 2.18. The summed E-state index contributed by atoms with van der Waals surface area (Å²) < 4.78 is 1.50. The molecule has 2 rings (SSSR count). The highest BCUT2D eigenvalue weighted by Gasteiger charge is 2.20. The first kappa shape index (κ1) is 13.1. The Bertz CT molecular complexity index is 630. The van der Waals surface area contributed by atoms with Gasteiger partial charge in [0, 0.05) is 23.5 Å². The monoisotopic (exact) mass is 259 g/mol. The second-order valence-electron chi connectivity index (χ2n) is 5.39. The van der Waals surface area contributed by atoms with Crippen LogP contribution in [0.5, 0.6) is 0 Å². The van der Waals surface area contributed by atoms with Crippen LogP contribution in [0, 0.1) is 5.41 Å². The third-order valence-electron chi connectivity index (χ3n) is 2.73. The molecule has 1 heterocycles. The van der Waals surface area contributed by atoms with E-state index in [0.717, 1.165) is 5.69 Å². The first-order chi connectivity index (χ1) is 8.88. The average Bonchev–Trinajstić information content (AvgIpc) is 2.75. The summed E-state index contributed by atoms with van der Waals surface area (Å²) in [4.78, 5) is 25.9. The van der Waals surface area contributed by atoms with Crippen LogP contribution >= 0.6 is 0 Å². The maximum Gasteiger partial charge on any atom is 0.330 e. The van der Waals surface area contributed by atoms with Crippen LogP contribution in [0.2, 0.25) is 0 Å². The van der Waals surface area contributed by atoms with Crippen molar-refractivity contribution in [1.82, 2.24) is 9.55 Å². The van der Waals surface area contributed by atoms with E-state index in [1.165, 1.54) is 4.57 Å². The molecule has 1 aromatic carbocycles. The Morgan fingerprint density at radius 3 is 2.32 bits per heavy atom. The molecule has 1 aromatic heterocycles. The predicted octanol–water partition coefficient (Wildman–Crippen LogP) is 2.15. The molecule has 0 saturated heterocycles. The van der Waals surface area contributed by atoms with Gasteiger partial charge in [-0.25, -0.2) is 4.79 Å². The first-order valence-corrected chi connectivity index (χ1v) is 6.06. The molecule has 2 N–H and O–H groups in total. The number of hydrogen-bond acceptors (Lipinski definition) is 2. The molecule has 0 aliphatic carbocycles. The summed E-state index contributed by atoms with van der Waals surface area (Å²) in [6.07, 6.45) is 3.24. The molecule has 0 radical (unpaired) electrons. The van der Waals surface area contributed by atoms with Gasteiger partial charge in [0.25, 0.3) is 0 Å². The number of carbonyl (C=O) groups excluding carboxylic acids is 1. The van der Waals surface area contributed by atoms with E-state index in [1.807, 2.05) is 20.8 Å². The summed E-state index contributed by atoms with van der Waals surface area (Å²) in [5.74, 6) is -0.0425. The summed E-state index contributed by atoms with van der Waals surface area (Å²) in [6, 6.07) is 7.12. The summed E-state index contributed by atoms with van der Waals surface area (Å²) in [7, 11) is 0. The number of benzene rings is 1. The SMILES string of the molecule is CC(C)(C)C(=O)Nc1ccc(-n2cc[nH]c2=O)cc1. The zero-order chi connectivity index (χ0) is 14.0. The van der Waals surface area contributed by atoms with E-state index < -0.39 is 5.41 Å². The number of aromatic amines is 1. The Labute approximate surface area is 111 Å². The largest absolute Gasteiger partial charge is 0.330 e. The maximum absolute atomic E-state index is 11.8. The molecule has 19 heavy (non-hydrogen) atoms. The minimum Gasteiger partial charge on any atom is -0.326 e. The summed E-state index contributed by atoms with van der Waals surface area (Å²) >= 11 is 0. The lowest BCUT2D eigenvalue weighted by atomic mass is 9.95. The number of nitrogens with zero attached hydrogens (tertiary/aromatic N) is 1. The molecular weight excluding hydrogens is 242 g/mol. The maximum atomic E-state index is 11.8. The van der Waals surface area contributed by atoms with Crippen molar-refractivity contribution < 1.29 is 4.79 Å². The van der Waals surface area contributed by atoms with Gasteiger partial charge < -0.3 is 10.3 Å². The van der Waals surface area contributed by atoms with Crippen molar-refractivity contribution in [2.24, 2.45) is 5.41 Å². The van der Waals surface area contributed by atoms with Crippen LogP contribution in [0.3, 0.4) is 0 Å². The molecule has 1 amide bonds. The molecule has 0 spiro atoms. The predicted molar refractivity (Wildman–Crippen MR) is 74.5 cm³/mol. The first-order valence-electron chi connectivity index (χ1n) is 6.06. The standard InChI is InChI=1S/C14H17N3O2/c1-14(2,3)12(18)16-10-4-6-11(7-5-10)17-9-8-15-13(17)19/h4-9H,1-3H3,(H,15,19)(H,16,18). The minimum absolute atomic E-state index is 0.0425. The highest BCUT2D eigenvalue weighted by atomic mass is 16.2. The lowest BCUT2D eigenvalue weighted by Crippen LogP contribution is -2.27. The quantitative estimate of drug-likeness (QED) is 0.867. The molecule has 0 aliphatic heterocycles. The second kappa shape index (κ2) is 4.76. The second-order valence-corrected chi connectivity index (χ2v) is 5.39. The number of nitrogens with one attached hydrogen (secondary N) is 2. The van der Waals surface area contributed by atoms with Crippen molar-refractivity contribution >= 4 is 11.6 Å². The van der Waals surface area contributed by atoms with E-state index in [9.17, 15) is 9.59 Å². The highest BCUT2D eigenvalue weighted by molar-refractivity contribution is 5.94. The average molecular weight is 259 g/mol. The van der Waals surface area contributed by atoms with Gasteiger partial charge in [-0.05, 0) is 24.3 Å². The summed E-state index contributed by atoms with van der Waals surface area (Å²) in [5, 5.41) is 2.83. The molecule has 0 atom stereocenters. The summed E-state index contributed by atoms with van der Waals surface area (Å²) in [6.45, 7) is 5.57. The molecule has 100 valence electrons. The smallest absolute Gasteiger partial charge is 0.326 e. The van der Waals surface area contributed by atoms with Crippen molar-refractivity contribution in [3.05, 3.63) is 47.1 Å². The number of hydrogen-bond donors (Lipinski definition) is 2. The van der Waals surface area contributed by atoms with E-state index in [1.54, 1.807) is 36.7 Å². The van der Waals surface area contributed by atoms with Gasteiger partial charge in [0.05, 0.1) is 5.69 Å². The number of H-pyrrole nitrogens is 1. The van der Waals surface area contributed by atoms with Crippen LogP contribution in [-0.4, -0.2) is 15.5 Å². The third kappa shape index (κ3) is 2.93. The molecule has 0 aliphatic rings. The molecule has 5 heteroatoms. The molecule has 2 aromatic rings. The van der Waals surface area contributed by atoms with Crippen molar-refractivity contribution in [3.8, 4) is 5.69 Å². The number of anilines is 1. The Morgan fingerprint density at radius 1 is 1.21 bits per heavy atom. The zero-order valence-corrected chi connectivity index (χ0v) is 11.2. The van der Waals surface area contributed by atoms with Gasteiger partial charge in [0.2, 0.25) is 5.91 Å². The van der Waals surface area contributed by atoms with Gasteiger partial charge >= 0.3 is 5.69 Å². The molecule has 5 nitrogen and oxygen atoms in total. The number of amides is 1. The fraction of sp³-hybridized carbons (Fsp3) is 0.286. The number of aromatic nitrogens is 2. The van der Waals surface area contributed by atoms with Crippen LogP contribution in [0.1, 0.15) is 20.8 Å². The van der Waals surface area contributed by atoms with E-state index in [-0.39, 0.29) is 11.6 Å². The van der Waals surface area contributed by atoms with Gasteiger partial charge in [-0.15, -0.1) is 0 Å². The van der Waals surface area contributed by atoms with Gasteiger partial charge in [-0.2, -0.15) is 0 Å². The highest BCUT2D eigenvalue weighted by Crippen LogP contribution is 2.18. The molecule has 0 saturated carbocycles. The topological polar surface area (TPSA) is 66.9 Å². The fourth-order valence-corrected chi connectivity index (χ4v) is 1.55. The van der Waals surface area contributed by atoms with Crippen LogP contribution in [0.25, 0.3) is 5.69 Å². The molecule has 0 fully saturated rings. The van der Waals surface area contributed by atoms with Crippen LogP contribution in [0.15, 0.2) is 41.5 Å². The third-order valence-corrected chi connectivity index (χ3v) is 2.73. The lowest BCUT2D eigenvalue weighted by molar-refractivity contribution is -0.123.